The van der Waals surface area contributed by atoms with Gasteiger partial charge in [-0.25, -0.2) is 0 Å². The molecule has 0 fully saturated rings. The fraction of sp³-hybridized carbons (Fsp3) is 0.500. The first kappa shape index (κ1) is 30.6. The molecular formula is C16H7F17O2. The SMILES string of the molecule is OCc1ccc(OC(F)=C(F)C(F)(F)C(F)(F)C(F)(F)C(F)(F)C(F)(F)C(F)(F)C(F)(F)F)cc1. The van der Waals surface area contributed by atoms with E-state index >= 15 is 0 Å². The molecule has 0 aromatic heterocycles. The second-order valence-electron chi connectivity index (χ2n) is 6.44. The van der Waals surface area contributed by atoms with Crippen LogP contribution in [0.2, 0.25) is 0 Å². The molecule has 1 rings (SSSR count). The van der Waals surface area contributed by atoms with Gasteiger partial charge in [0.25, 0.3) is 0 Å². The van der Waals surface area contributed by atoms with Gasteiger partial charge in [-0.05, 0) is 17.7 Å². The van der Waals surface area contributed by atoms with Crippen molar-refractivity contribution in [3.8, 4) is 5.75 Å². The molecule has 202 valence electrons. The Bertz CT molecular complexity index is 930. The van der Waals surface area contributed by atoms with Crippen LogP contribution in [0.1, 0.15) is 5.56 Å². The van der Waals surface area contributed by atoms with Gasteiger partial charge in [0.05, 0.1) is 6.61 Å². The molecule has 0 aliphatic heterocycles. The number of aliphatic hydroxyl groups excluding tert-OH is 1. The molecule has 0 aliphatic carbocycles. The maximum absolute atomic E-state index is 13.6. The van der Waals surface area contributed by atoms with Crippen molar-refractivity contribution in [3.05, 3.63) is 41.7 Å². The van der Waals surface area contributed by atoms with Gasteiger partial charge in [-0.3, -0.25) is 0 Å². The van der Waals surface area contributed by atoms with Gasteiger partial charge in [-0.15, -0.1) is 0 Å². The van der Waals surface area contributed by atoms with Crippen molar-refractivity contribution in [2.45, 2.75) is 48.3 Å². The topological polar surface area (TPSA) is 29.5 Å². The molecule has 0 spiro atoms. The molecule has 0 aliphatic rings. The van der Waals surface area contributed by atoms with Crippen LogP contribution in [0.4, 0.5) is 74.6 Å². The Morgan fingerprint density at radius 2 is 0.971 bits per heavy atom. The van der Waals surface area contributed by atoms with Gasteiger partial charge in [0.1, 0.15) is 5.75 Å². The lowest BCUT2D eigenvalue weighted by Gasteiger charge is -2.41. The molecule has 1 aromatic carbocycles. The maximum atomic E-state index is 13.6. The Hall–Kier alpha value is -2.47. The molecule has 0 heterocycles. The van der Waals surface area contributed by atoms with Gasteiger partial charge in [-0.1, -0.05) is 12.1 Å². The van der Waals surface area contributed by atoms with Gasteiger partial charge < -0.3 is 9.84 Å². The zero-order valence-electron chi connectivity index (χ0n) is 15.8. The van der Waals surface area contributed by atoms with E-state index in [1.807, 2.05) is 0 Å². The average Bonchev–Trinajstić information content (AvgIpc) is 2.71. The molecule has 1 N–H and O–H groups in total. The lowest BCUT2D eigenvalue weighted by molar-refractivity contribution is -0.451. The van der Waals surface area contributed by atoms with Gasteiger partial charge in [-0.2, -0.15) is 74.6 Å². The summed E-state index contributed by atoms with van der Waals surface area (Å²) in [6.07, 6.45) is -7.79. The highest BCUT2D eigenvalue weighted by Crippen LogP contribution is 2.63. The van der Waals surface area contributed by atoms with Crippen LogP contribution < -0.4 is 4.74 Å². The lowest BCUT2D eigenvalue weighted by Crippen LogP contribution is -2.72. The van der Waals surface area contributed by atoms with Gasteiger partial charge in [0.2, 0.25) is 5.83 Å². The first-order chi connectivity index (χ1) is 15.3. The minimum absolute atomic E-state index is 0.0116. The molecule has 0 saturated carbocycles. The molecule has 0 unspecified atom stereocenters. The Kier molecular flexibility index (Phi) is 7.75. The maximum Gasteiger partial charge on any atom is 0.460 e. The fourth-order valence-corrected chi connectivity index (χ4v) is 2.04. The van der Waals surface area contributed by atoms with Crippen LogP contribution in [0.25, 0.3) is 0 Å². The van der Waals surface area contributed by atoms with E-state index < -0.39 is 65.9 Å². The molecule has 19 heteroatoms. The van der Waals surface area contributed by atoms with Crippen molar-refractivity contribution in [2.24, 2.45) is 0 Å². The number of hydrogen-bond acceptors (Lipinski definition) is 2. The van der Waals surface area contributed by atoms with Gasteiger partial charge in [0.15, 0.2) is 0 Å². The van der Waals surface area contributed by atoms with E-state index in [0.29, 0.717) is 12.1 Å². The van der Waals surface area contributed by atoms with E-state index in [0.717, 1.165) is 12.1 Å². The van der Waals surface area contributed by atoms with E-state index in [-0.39, 0.29) is 5.56 Å². The molecule has 0 atom stereocenters. The van der Waals surface area contributed by atoms with Crippen LogP contribution in [-0.4, -0.2) is 46.8 Å². The standard InChI is InChI=1S/C16H7F17O2/c17-8(9(18)35-7-3-1-6(5-34)2-4-7)10(19,20)11(21,22)12(23,24)13(25,26)14(27,28)15(29,30)16(31,32)33/h1-4,34H,5H2. The highest BCUT2D eigenvalue weighted by atomic mass is 19.4. The average molecular weight is 554 g/mol. The third kappa shape index (κ3) is 4.57. The number of allylic oxidation sites excluding steroid dienone is 1. The van der Waals surface area contributed by atoms with Crippen LogP contribution in [0, 0.1) is 0 Å². The Labute approximate surface area is 181 Å². The van der Waals surface area contributed by atoms with Crippen LogP contribution in [-0.2, 0) is 6.61 Å². The second-order valence-corrected chi connectivity index (χ2v) is 6.44. The summed E-state index contributed by atoms with van der Waals surface area (Å²) >= 11 is 0. The number of hydrogen-bond donors (Lipinski definition) is 1. The Morgan fingerprint density at radius 1 is 0.600 bits per heavy atom. The Morgan fingerprint density at radius 3 is 1.34 bits per heavy atom. The fourth-order valence-electron chi connectivity index (χ4n) is 2.04. The summed E-state index contributed by atoms with van der Waals surface area (Å²) in [6, 6.07) is -0.817. The molecule has 35 heavy (non-hydrogen) atoms. The van der Waals surface area contributed by atoms with Crippen molar-refractivity contribution >= 4 is 0 Å². The molecule has 0 saturated heterocycles. The number of aliphatic hydroxyl groups is 1. The van der Waals surface area contributed by atoms with Crippen LogP contribution in [0.5, 0.6) is 5.75 Å². The van der Waals surface area contributed by atoms with Crippen molar-refractivity contribution in [2.75, 3.05) is 0 Å². The van der Waals surface area contributed by atoms with Crippen molar-refractivity contribution in [1.82, 2.24) is 0 Å². The van der Waals surface area contributed by atoms with Crippen LogP contribution in [0.3, 0.4) is 0 Å². The third-order valence-electron chi connectivity index (χ3n) is 4.09. The third-order valence-corrected chi connectivity index (χ3v) is 4.09. The number of halogens is 17. The zero-order chi connectivity index (χ0) is 28.1. The van der Waals surface area contributed by atoms with Crippen molar-refractivity contribution < 1.29 is 84.5 Å². The largest absolute Gasteiger partial charge is 0.460 e. The smallest absolute Gasteiger partial charge is 0.430 e. The summed E-state index contributed by atoms with van der Waals surface area (Å²) < 4.78 is 226. The highest BCUT2D eigenvalue weighted by Gasteiger charge is 2.93. The monoisotopic (exact) mass is 554 g/mol. The summed E-state index contributed by atoms with van der Waals surface area (Å²) in [5.74, 6) is -55.3. The minimum atomic E-state index is -8.64. The number of benzene rings is 1. The molecule has 1 aromatic rings. The van der Waals surface area contributed by atoms with E-state index in [2.05, 4.69) is 4.74 Å². The van der Waals surface area contributed by atoms with Crippen molar-refractivity contribution in [1.29, 1.82) is 0 Å². The number of ether oxygens (including phenoxy) is 1. The highest BCUT2D eigenvalue weighted by molar-refractivity contribution is 5.29. The van der Waals surface area contributed by atoms with Crippen LogP contribution >= 0.6 is 0 Å². The molecule has 0 amide bonds. The zero-order valence-corrected chi connectivity index (χ0v) is 15.8. The van der Waals surface area contributed by atoms with E-state index in [1.54, 1.807) is 0 Å². The molecule has 0 radical (unpaired) electrons. The molecular weight excluding hydrogens is 547 g/mol. The van der Waals surface area contributed by atoms with E-state index in [4.69, 9.17) is 5.11 Å². The van der Waals surface area contributed by atoms with E-state index in [1.165, 1.54) is 0 Å². The first-order valence-corrected chi connectivity index (χ1v) is 8.11. The first-order valence-electron chi connectivity index (χ1n) is 8.11. The van der Waals surface area contributed by atoms with Crippen molar-refractivity contribution in [3.63, 3.8) is 0 Å². The minimum Gasteiger partial charge on any atom is -0.430 e. The predicted octanol–water partition coefficient (Wildman–Crippen LogP) is 7.04. The predicted molar refractivity (Wildman–Crippen MR) is 78.0 cm³/mol. The van der Waals surface area contributed by atoms with Gasteiger partial charge in [0, 0.05) is 0 Å². The van der Waals surface area contributed by atoms with E-state index in [9.17, 15) is 74.6 Å². The second kappa shape index (κ2) is 8.88. The number of alkyl halides is 15. The summed E-state index contributed by atoms with van der Waals surface area (Å²) in [4.78, 5) is 0. The summed E-state index contributed by atoms with van der Waals surface area (Å²) in [5.41, 5.74) is 0.0116. The van der Waals surface area contributed by atoms with Gasteiger partial charge >= 0.3 is 47.7 Å². The molecule has 2 nitrogen and oxygen atoms in total. The lowest BCUT2D eigenvalue weighted by atomic mass is 9.91. The normalized spacial score (nSPS) is 15.7. The van der Waals surface area contributed by atoms with Crippen LogP contribution in [0.15, 0.2) is 36.1 Å². The number of rotatable bonds is 9. The Balaban J connectivity index is 3.54. The summed E-state index contributed by atoms with van der Waals surface area (Å²) in [5, 5.41) is 8.73. The quantitative estimate of drug-likeness (QED) is 0.262. The summed E-state index contributed by atoms with van der Waals surface area (Å²) in [7, 11) is 0. The molecule has 0 bridgehead atoms. The summed E-state index contributed by atoms with van der Waals surface area (Å²) in [6.45, 7) is -0.682.